The monoisotopic (exact) mass is 289 g/mol. The zero-order valence-electron chi connectivity index (χ0n) is 10.3. The van der Waals surface area contributed by atoms with Gasteiger partial charge in [0.15, 0.2) is 5.15 Å². The summed E-state index contributed by atoms with van der Waals surface area (Å²) in [5.74, 6) is 1.50. The average molecular weight is 290 g/mol. The summed E-state index contributed by atoms with van der Waals surface area (Å²) >= 11 is 5.86. The smallest absolute Gasteiger partial charge is 0.245 e. The van der Waals surface area contributed by atoms with Gasteiger partial charge in [0.05, 0.1) is 5.69 Å². The standard InChI is InChI=1S/C11H16ClN5.ClH/c1-7-10(12)15-16-11(14-7)17-5-3-8-2-4-13-6-9(8)17;/h8-9,13H,2-6H2,1H3;1H. The summed E-state index contributed by atoms with van der Waals surface area (Å²) in [4.78, 5) is 6.71. The Labute approximate surface area is 118 Å². The van der Waals surface area contributed by atoms with Crippen molar-refractivity contribution in [3.63, 3.8) is 0 Å². The number of nitrogens with one attached hydrogen (secondary N) is 1. The highest BCUT2D eigenvalue weighted by Gasteiger charge is 2.37. The van der Waals surface area contributed by atoms with Crippen molar-refractivity contribution in [1.29, 1.82) is 0 Å². The second kappa shape index (κ2) is 5.55. The van der Waals surface area contributed by atoms with Crippen LogP contribution in [0.25, 0.3) is 0 Å². The average Bonchev–Trinajstić information content (AvgIpc) is 2.76. The topological polar surface area (TPSA) is 53.9 Å². The number of anilines is 1. The number of hydrogen-bond donors (Lipinski definition) is 1. The van der Waals surface area contributed by atoms with Gasteiger partial charge in [-0.2, -0.15) is 0 Å². The second-order valence-electron chi connectivity index (χ2n) is 4.79. The molecule has 0 spiro atoms. The molecule has 0 amide bonds. The first-order valence-electron chi connectivity index (χ1n) is 6.10. The van der Waals surface area contributed by atoms with E-state index in [1.54, 1.807) is 0 Å². The Balaban J connectivity index is 0.00000120. The van der Waals surface area contributed by atoms with Gasteiger partial charge in [-0.25, -0.2) is 4.98 Å². The summed E-state index contributed by atoms with van der Waals surface area (Å²) in [6.07, 6.45) is 2.48. The molecule has 2 unspecified atom stereocenters. The molecule has 1 aromatic rings. The minimum Gasteiger partial charge on any atom is -0.335 e. The van der Waals surface area contributed by atoms with Crippen LogP contribution in [-0.4, -0.2) is 40.9 Å². The van der Waals surface area contributed by atoms with Crippen molar-refractivity contribution in [3.8, 4) is 0 Å². The van der Waals surface area contributed by atoms with Gasteiger partial charge in [0, 0.05) is 19.1 Å². The summed E-state index contributed by atoms with van der Waals surface area (Å²) < 4.78 is 0. The lowest BCUT2D eigenvalue weighted by Crippen LogP contribution is -2.46. The van der Waals surface area contributed by atoms with Gasteiger partial charge in [-0.15, -0.1) is 22.6 Å². The number of aromatic nitrogens is 3. The van der Waals surface area contributed by atoms with Crippen LogP contribution < -0.4 is 10.2 Å². The molecule has 2 aliphatic heterocycles. The molecule has 2 atom stereocenters. The Kier molecular flexibility index (Phi) is 4.25. The molecular weight excluding hydrogens is 273 g/mol. The highest BCUT2D eigenvalue weighted by molar-refractivity contribution is 6.29. The van der Waals surface area contributed by atoms with Crippen molar-refractivity contribution in [2.75, 3.05) is 24.5 Å². The fraction of sp³-hybridized carbons (Fsp3) is 0.727. The largest absolute Gasteiger partial charge is 0.335 e. The minimum atomic E-state index is 0. The molecule has 2 aliphatic rings. The Morgan fingerprint density at radius 1 is 1.33 bits per heavy atom. The van der Waals surface area contributed by atoms with Gasteiger partial charge in [0.2, 0.25) is 5.95 Å². The molecule has 100 valence electrons. The molecule has 2 saturated heterocycles. The van der Waals surface area contributed by atoms with Crippen molar-refractivity contribution in [1.82, 2.24) is 20.5 Å². The summed E-state index contributed by atoms with van der Waals surface area (Å²) in [6.45, 7) is 5.05. The van der Waals surface area contributed by atoms with Crippen LogP contribution in [0.3, 0.4) is 0 Å². The molecule has 18 heavy (non-hydrogen) atoms. The van der Waals surface area contributed by atoms with Gasteiger partial charge in [0.1, 0.15) is 0 Å². The van der Waals surface area contributed by atoms with Crippen LogP contribution in [-0.2, 0) is 0 Å². The van der Waals surface area contributed by atoms with E-state index in [1.807, 2.05) is 6.92 Å². The maximum absolute atomic E-state index is 5.86. The van der Waals surface area contributed by atoms with Gasteiger partial charge in [-0.3, -0.25) is 0 Å². The number of hydrogen-bond acceptors (Lipinski definition) is 5. The van der Waals surface area contributed by atoms with Crippen molar-refractivity contribution < 1.29 is 0 Å². The van der Waals surface area contributed by atoms with Crippen LogP contribution in [0.4, 0.5) is 5.95 Å². The number of piperidine rings is 1. The highest BCUT2D eigenvalue weighted by Crippen LogP contribution is 2.31. The van der Waals surface area contributed by atoms with Crippen LogP contribution in [0.2, 0.25) is 5.15 Å². The van der Waals surface area contributed by atoms with E-state index >= 15 is 0 Å². The van der Waals surface area contributed by atoms with Crippen LogP contribution in [0.15, 0.2) is 0 Å². The summed E-state index contributed by atoms with van der Waals surface area (Å²) in [5, 5.41) is 11.9. The van der Waals surface area contributed by atoms with E-state index < -0.39 is 0 Å². The second-order valence-corrected chi connectivity index (χ2v) is 5.15. The first kappa shape index (κ1) is 13.8. The van der Waals surface area contributed by atoms with Crippen LogP contribution >= 0.6 is 24.0 Å². The zero-order valence-corrected chi connectivity index (χ0v) is 11.8. The third-order valence-corrected chi connectivity index (χ3v) is 4.13. The Morgan fingerprint density at radius 2 is 2.17 bits per heavy atom. The lowest BCUT2D eigenvalue weighted by Gasteiger charge is -2.31. The minimum absolute atomic E-state index is 0. The van der Waals surface area contributed by atoms with Crippen LogP contribution in [0.1, 0.15) is 18.5 Å². The molecular formula is C11H17Cl2N5. The number of rotatable bonds is 1. The summed E-state index contributed by atoms with van der Waals surface area (Å²) in [6, 6.07) is 0.520. The number of halogens is 2. The lowest BCUT2D eigenvalue weighted by atomic mass is 9.93. The van der Waals surface area contributed by atoms with Crippen LogP contribution in [0, 0.1) is 12.8 Å². The molecule has 0 saturated carbocycles. The molecule has 0 radical (unpaired) electrons. The van der Waals surface area contributed by atoms with E-state index in [1.165, 1.54) is 12.8 Å². The Bertz CT molecular complexity index is 428. The number of fused-ring (bicyclic) bond motifs is 1. The van der Waals surface area contributed by atoms with E-state index in [2.05, 4.69) is 25.4 Å². The molecule has 2 fully saturated rings. The fourth-order valence-corrected chi connectivity index (χ4v) is 2.90. The molecule has 7 heteroatoms. The Hall–Kier alpha value is -0.650. The number of nitrogens with zero attached hydrogens (tertiary/aromatic N) is 4. The maximum atomic E-state index is 5.86. The van der Waals surface area contributed by atoms with Gasteiger partial charge < -0.3 is 10.2 Å². The third kappa shape index (κ3) is 2.39. The molecule has 1 aromatic heterocycles. The first-order chi connectivity index (χ1) is 8.25. The van der Waals surface area contributed by atoms with Crippen molar-refractivity contribution in [2.45, 2.75) is 25.8 Å². The van der Waals surface area contributed by atoms with E-state index in [4.69, 9.17) is 11.6 Å². The van der Waals surface area contributed by atoms with Gasteiger partial charge in [0.25, 0.3) is 0 Å². The zero-order chi connectivity index (χ0) is 11.8. The third-order valence-electron chi connectivity index (χ3n) is 3.78. The van der Waals surface area contributed by atoms with E-state index in [-0.39, 0.29) is 12.4 Å². The molecule has 3 rings (SSSR count). The quantitative estimate of drug-likeness (QED) is 0.848. The van der Waals surface area contributed by atoms with Gasteiger partial charge in [-0.1, -0.05) is 11.6 Å². The molecule has 1 N–H and O–H groups in total. The van der Waals surface area contributed by atoms with Crippen LogP contribution in [0.5, 0.6) is 0 Å². The number of aryl methyl sites for hydroxylation is 1. The first-order valence-corrected chi connectivity index (χ1v) is 6.47. The van der Waals surface area contributed by atoms with Gasteiger partial charge >= 0.3 is 0 Å². The Morgan fingerprint density at radius 3 is 2.94 bits per heavy atom. The van der Waals surface area contributed by atoms with Crippen molar-refractivity contribution >= 4 is 30.0 Å². The summed E-state index contributed by atoms with van der Waals surface area (Å²) in [5.41, 5.74) is 0.754. The molecule has 3 heterocycles. The molecule has 0 aromatic carbocycles. The molecule has 5 nitrogen and oxygen atoms in total. The van der Waals surface area contributed by atoms with Gasteiger partial charge in [-0.05, 0) is 32.2 Å². The summed E-state index contributed by atoms with van der Waals surface area (Å²) in [7, 11) is 0. The SMILES string of the molecule is Cc1nc(N2CCC3CCNCC32)nnc1Cl.Cl. The highest BCUT2D eigenvalue weighted by atomic mass is 35.5. The van der Waals surface area contributed by atoms with E-state index in [9.17, 15) is 0 Å². The molecule has 0 bridgehead atoms. The normalized spacial score (nSPS) is 26.7. The maximum Gasteiger partial charge on any atom is 0.245 e. The fourth-order valence-electron chi connectivity index (χ4n) is 2.82. The predicted octanol–water partition coefficient (Wildman–Crippen LogP) is 1.44. The van der Waals surface area contributed by atoms with E-state index in [0.29, 0.717) is 11.2 Å². The van der Waals surface area contributed by atoms with Crippen molar-refractivity contribution in [2.24, 2.45) is 5.92 Å². The lowest BCUT2D eigenvalue weighted by molar-refractivity contribution is 0.357. The van der Waals surface area contributed by atoms with E-state index in [0.717, 1.165) is 37.2 Å². The van der Waals surface area contributed by atoms with Crippen molar-refractivity contribution in [3.05, 3.63) is 10.8 Å². The predicted molar refractivity (Wildman–Crippen MR) is 73.5 cm³/mol. The molecule has 0 aliphatic carbocycles.